The largest absolute Gasteiger partial charge is 0.493 e. The zero-order valence-corrected chi connectivity index (χ0v) is 16.8. The van der Waals surface area contributed by atoms with Crippen molar-refractivity contribution in [2.75, 3.05) is 20.8 Å². The zero-order valence-electron chi connectivity index (χ0n) is 16.0. The van der Waals surface area contributed by atoms with Crippen LogP contribution in [0.2, 0.25) is 0 Å². The van der Waals surface area contributed by atoms with Gasteiger partial charge in [0.2, 0.25) is 0 Å². The standard InChI is InChI=1S/C21H27NO3S/c1-5-6-19-18-14-21(25-4)20(24-3)13-16(18)11-12-22(19)26(23)17-9-7-15(2)8-10-17/h7-10,13-14,19H,5-6,11-12H2,1-4H3/t19-,26+/m0/s1. The van der Waals surface area contributed by atoms with Gasteiger partial charge in [0.25, 0.3) is 0 Å². The second-order valence-electron chi connectivity index (χ2n) is 6.66. The van der Waals surface area contributed by atoms with Gasteiger partial charge in [-0.15, -0.1) is 0 Å². The third kappa shape index (κ3) is 3.64. The van der Waals surface area contributed by atoms with Crippen LogP contribution < -0.4 is 9.47 Å². The maximum atomic E-state index is 13.3. The quantitative estimate of drug-likeness (QED) is 0.752. The van der Waals surface area contributed by atoms with Crippen LogP contribution in [-0.4, -0.2) is 29.3 Å². The van der Waals surface area contributed by atoms with Crippen LogP contribution >= 0.6 is 0 Å². The number of benzene rings is 2. The lowest BCUT2D eigenvalue weighted by Crippen LogP contribution is -2.37. The van der Waals surface area contributed by atoms with Crippen molar-refractivity contribution >= 4 is 11.0 Å². The maximum Gasteiger partial charge on any atom is 0.161 e. The Bertz CT molecular complexity index is 789. The van der Waals surface area contributed by atoms with Gasteiger partial charge in [0, 0.05) is 12.6 Å². The summed E-state index contributed by atoms with van der Waals surface area (Å²) in [4.78, 5) is 0.862. The maximum absolute atomic E-state index is 13.3. The molecule has 0 saturated heterocycles. The second kappa shape index (κ2) is 8.23. The normalized spacial score (nSPS) is 18.2. The molecule has 0 saturated carbocycles. The van der Waals surface area contributed by atoms with Gasteiger partial charge in [0.15, 0.2) is 11.5 Å². The molecule has 2 aromatic carbocycles. The van der Waals surface area contributed by atoms with Crippen molar-refractivity contribution in [3.05, 3.63) is 53.1 Å². The molecular formula is C21H27NO3S. The van der Waals surface area contributed by atoms with Gasteiger partial charge in [-0.05, 0) is 55.2 Å². The molecule has 1 aliphatic rings. The summed E-state index contributed by atoms with van der Waals surface area (Å²) >= 11 is 0. The highest BCUT2D eigenvalue weighted by molar-refractivity contribution is 7.82. The molecule has 1 aliphatic heterocycles. The molecule has 3 rings (SSSR count). The molecule has 2 atom stereocenters. The fourth-order valence-corrected chi connectivity index (χ4v) is 4.91. The molecule has 26 heavy (non-hydrogen) atoms. The molecule has 0 aliphatic carbocycles. The molecule has 0 amide bonds. The molecule has 0 bridgehead atoms. The van der Waals surface area contributed by atoms with Crippen LogP contribution in [0.25, 0.3) is 0 Å². The van der Waals surface area contributed by atoms with Gasteiger partial charge in [0.05, 0.1) is 19.1 Å². The number of aryl methyl sites for hydroxylation is 1. The number of hydrogen-bond acceptors (Lipinski definition) is 3. The zero-order chi connectivity index (χ0) is 18.7. The van der Waals surface area contributed by atoms with E-state index in [1.807, 2.05) is 31.2 Å². The number of fused-ring (bicyclic) bond motifs is 1. The summed E-state index contributed by atoms with van der Waals surface area (Å²) < 4.78 is 26.3. The second-order valence-corrected chi connectivity index (χ2v) is 8.10. The lowest BCUT2D eigenvalue weighted by atomic mass is 9.91. The van der Waals surface area contributed by atoms with Gasteiger partial charge in [-0.3, -0.25) is 0 Å². The molecule has 0 spiro atoms. The lowest BCUT2D eigenvalue weighted by molar-refractivity contribution is 0.302. The van der Waals surface area contributed by atoms with Gasteiger partial charge in [0.1, 0.15) is 11.0 Å². The van der Waals surface area contributed by atoms with E-state index in [-0.39, 0.29) is 6.04 Å². The Hall–Kier alpha value is -1.85. The highest BCUT2D eigenvalue weighted by Gasteiger charge is 2.32. The van der Waals surface area contributed by atoms with E-state index in [2.05, 4.69) is 23.4 Å². The van der Waals surface area contributed by atoms with E-state index in [0.717, 1.165) is 42.2 Å². The lowest BCUT2D eigenvalue weighted by Gasteiger charge is -2.36. The summed E-state index contributed by atoms with van der Waals surface area (Å²) in [5.41, 5.74) is 3.64. The summed E-state index contributed by atoms with van der Waals surface area (Å²) in [5, 5.41) is 0. The Morgan fingerprint density at radius 3 is 2.38 bits per heavy atom. The van der Waals surface area contributed by atoms with Crippen LogP contribution in [0.4, 0.5) is 0 Å². The molecule has 1 heterocycles. The van der Waals surface area contributed by atoms with Crippen molar-refractivity contribution in [3.63, 3.8) is 0 Å². The van der Waals surface area contributed by atoms with Crippen LogP contribution in [0.3, 0.4) is 0 Å². The fraction of sp³-hybridized carbons (Fsp3) is 0.429. The molecule has 0 radical (unpaired) electrons. The number of methoxy groups -OCH3 is 2. The molecule has 0 aromatic heterocycles. The monoisotopic (exact) mass is 373 g/mol. The fourth-order valence-electron chi connectivity index (χ4n) is 3.57. The summed E-state index contributed by atoms with van der Waals surface area (Å²) in [7, 11) is 2.15. The molecular weight excluding hydrogens is 346 g/mol. The minimum Gasteiger partial charge on any atom is -0.493 e. The summed E-state index contributed by atoms with van der Waals surface area (Å²) in [6.07, 6.45) is 2.84. The van der Waals surface area contributed by atoms with Gasteiger partial charge in [-0.2, -0.15) is 0 Å². The van der Waals surface area contributed by atoms with Crippen molar-refractivity contribution in [2.45, 2.75) is 44.0 Å². The van der Waals surface area contributed by atoms with Crippen molar-refractivity contribution < 1.29 is 13.7 Å². The minimum absolute atomic E-state index is 0.116. The van der Waals surface area contributed by atoms with Gasteiger partial charge >= 0.3 is 0 Å². The van der Waals surface area contributed by atoms with E-state index in [1.165, 1.54) is 16.7 Å². The molecule has 140 valence electrons. The highest BCUT2D eigenvalue weighted by atomic mass is 32.2. The first-order valence-corrected chi connectivity index (χ1v) is 10.2. The SMILES string of the molecule is CCC[C@H]1c2cc(OC)c(OC)cc2CCN1[S@](=O)c1ccc(C)cc1. The van der Waals surface area contributed by atoms with Crippen molar-refractivity contribution in [2.24, 2.45) is 0 Å². The predicted molar refractivity (Wildman–Crippen MR) is 105 cm³/mol. The van der Waals surface area contributed by atoms with E-state index in [1.54, 1.807) is 14.2 Å². The molecule has 0 N–H and O–H groups in total. The topological polar surface area (TPSA) is 38.8 Å². The van der Waals surface area contributed by atoms with Crippen LogP contribution in [-0.2, 0) is 17.4 Å². The number of rotatable bonds is 6. The van der Waals surface area contributed by atoms with Crippen LogP contribution in [0.1, 0.15) is 42.5 Å². The average Bonchev–Trinajstić information content (AvgIpc) is 2.67. The smallest absolute Gasteiger partial charge is 0.161 e. The average molecular weight is 374 g/mol. The van der Waals surface area contributed by atoms with Gasteiger partial charge < -0.3 is 9.47 Å². The third-order valence-electron chi connectivity index (χ3n) is 4.95. The van der Waals surface area contributed by atoms with Crippen molar-refractivity contribution in [1.82, 2.24) is 4.31 Å². The van der Waals surface area contributed by atoms with Crippen LogP contribution in [0.5, 0.6) is 11.5 Å². The molecule has 0 fully saturated rings. The van der Waals surface area contributed by atoms with E-state index >= 15 is 0 Å². The van der Waals surface area contributed by atoms with Gasteiger partial charge in [-0.1, -0.05) is 31.0 Å². The Morgan fingerprint density at radius 2 is 1.77 bits per heavy atom. The third-order valence-corrected chi connectivity index (χ3v) is 6.49. The number of nitrogens with zero attached hydrogens (tertiary/aromatic N) is 1. The molecule has 2 aromatic rings. The van der Waals surface area contributed by atoms with Crippen LogP contribution in [0.15, 0.2) is 41.3 Å². The van der Waals surface area contributed by atoms with E-state index in [0.29, 0.717) is 0 Å². The molecule has 4 nitrogen and oxygen atoms in total. The summed E-state index contributed by atoms with van der Waals surface area (Å²) in [5.74, 6) is 1.49. The minimum atomic E-state index is -1.17. The summed E-state index contributed by atoms with van der Waals surface area (Å²) in [6, 6.07) is 12.2. The Kier molecular flexibility index (Phi) is 5.99. The first-order chi connectivity index (χ1) is 12.6. The molecule has 0 unspecified atom stereocenters. The number of ether oxygens (including phenoxy) is 2. The van der Waals surface area contributed by atoms with Gasteiger partial charge in [-0.25, -0.2) is 8.51 Å². The predicted octanol–water partition coefficient (Wildman–Crippen LogP) is 4.43. The Labute approximate surface area is 158 Å². The van der Waals surface area contributed by atoms with E-state index < -0.39 is 11.0 Å². The first kappa shape index (κ1) is 18.9. The number of hydrogen-bond donors (Lipinski definition) is 0. The molecule has 5 heteroatoms. The van der Waals surface area contributed by atoms with E-state index in [9.17, 15) is 4.21 Å². The van der Waals surface area contributed by atoms with Crippen molar-refractivity contribution in [1.29, 1.82) is 0 Å². The first-order valence-electron chi connectivity index (χ1n) is 9.09. The van der Waals surface area contributed by atoms with Crippen LogP contribution in [0, 0.1) is 6.92 Å². The van der Waals surface area contributed by atoms with Crippen molar-refractivity contribution in [3.8, 4) is 11.5 Å². The highest BCUT2D eigenvalue weighted by Crippen LogP contribution is 2.41. The Morgan fingerprint density at radius 1 is 1.12 bits per heavy atom. The summed E-state index contributed by atoms with van der Waals surface area (Å²) in [6.45, 7) is 4.99. The van der Waals surface area contributed by atoms with E-state index in [4.69, 9.17) is 9.47 Å². The Balaban J connectivity index is 1.99.